The Balaban J connectivity index is 0.930. The molecule has 2 fully saturated rings. The molecule has 0 saturated carbocycles. The van der Waals surface area contributed by atoms with Crippen molar-refractivity contribution in [3.63, 3.8) is 0 Å². The topological polar surface area (TPSA) is 90.4 Å². The van der Waals surface area contributed by atoms with Crippen LogP contribution in [0, 0.1) is 5.92 Å². The lowest BCUT2D eigenvalue weighted by molar-refractivity contribution is 0.102. The molecule has 4 heterocycles. The Labute approximate surface area is 273 Å². The molecule has 1 amide bonds. The lowest BCUT2D eigenvalue weighted by Gasteiger charge is -2.38. The molecule has 231 valence electrons. The van der Waals surface area contributed by atoms with Gasteiger partial charge in [-0.15, -0.1) is 10.2 Å². The number of amides is 1. The highest BCUT2D eigenvalue weighted by Gasteiger charge is 2.30. The van der Waals surface area contributed by atoms with E-state index in [4.69, 9.17) is 11.6 Å². The second kappa shape index (κ2) is 13.3. The third kappa shape index (κ3) is 7.08. The van der Waals surface area contributed by atoms with Crippen LogP contribution in [0.25, 0.3) is 0 Å². The summed E-state index contributed by atoms with van der Waals surface area (Å²) in [4.78, 5) is 30.7. The molecule has 7 rings (SSSR count). The molecule has 1 atom stereocenters. The summed E-state index contributed by atoms with van der Waals surface area (Å²) in [5.74, 6) is 3.26. The zero-order chi connectivity index (χ0) is 30.8. The average Bonchev–Trinajstić information content (AvgIpc) is 3.50. The molecular formula is C34H36ClN8OS. The van der Waals surface area contributed by atoms with E-state index in [1.54, 1.807) is 23.7 Å². The van der Waals surface area contributed by atoms with Gasteiger partial charge in [0.2, 0.25) is 0 Å². The van der Waals surface area contributed by atoms with Crippen molar-refractivity contribution in [1.29, 1.82) is 0 Å². The molecule has 9 nitrogen and oxygen atoms in total. The van der Waals surface area contributed by atoms with E-state index in [0.29, 0.717) is 16.8 Å². The summed E-state index contributed by atoms with van der Waals surface area (Å²) in [6.07, 6.45) is 7.90. The zero-order valence-corrected chi connectivity index (χ0v) is 26.9. The average molecular weight is 640 g/mol. The summed E-state index contributed by atoms with van der Waals surface area (Å²) in [6.45, 7) is 7.98. The van der Waals surface area contributed by atoms with Crippen molar-refractivity contribution >= 4 is 46.6 Å². The first-order valence-corrected chi connectivity index (χ1v) is 16.7. The monoisotopic (exact) mass is 639 g/mol. The number of carbonyl (C=O) groups is 1. The highest BCUT2D eigenvalue weighted by atomic mass is 35.5. The molecule has 1 unspecified atom stereocenters. The highest BCUT2D eigenvalue weighted by Crippen LogP contribution is 2.31. The van der Waals surface area contributed by atoms with E-state index in [9.17, 15) is 4.79 Å². The summed E-state index contributed by atoms with van der Waals surface area (Å²) in [6, 6.07) is 18.2. The van der Waals surface area contributed by atoms with E-state index in [-0.39, 0.29) is 5.91 Å². The number of piperidine rings is 1. The first-order chi connectivity index (χ1) is 22.0. The highest BCUT2D eigenvalue weighted by molar-refractivity contribution is 7.99. The van der Waals surface area contributed by atoms with Crippen LogP contribution >= 0.6 is 23.4 Å². The van der Waals surface area contributed by atoms with Gasteiger partial charge in [-0.2, -0.15) is 0 Å². The van der Waals surface area contributed by atoms with Gasteiger partial charge < -0.3 is 15.1 Å². The zero-order valence-electron chi connectivity index (χ0n) is 25.3. The number of fused-ring (bicyclic) bond motifs is 1. The van der Waals surface area contributed by atoms with E-state index >= 15 is 0 Å². The first kappa shape index (κ1) is 30.0. The summed E-state index contributed by atoms with van der Waals surface area (Å²) >= 11 is 7.45. The van der Waals surface area contributed by atoms with Crippen molar-refractivity contribution < 1.29 is 4.79 Å². The standard InChI is InChI=1S/C34H36ClN8OS/c1-23-9-11-42(12-10-23)32-21-37-33(22-36-32)45-29-4-2-3-27(20-29)38-34(44)25-6-5-24-18-28(19-26(24)17-25)41-13-15-43(16-14-41)31-8-7-30(35)39-40-31/h2-8,17,20-22,28H,9-16,18-19H2,1H3,(H,38,44). The molecule has 1 N–H and O–H groups in total. The largest absolute Gasteiger partial charge is 0.355 e. The molecule has 1 aliphatic carbocycles. The van der Waals surface area contributed by atoms with Crippen LogP contribution < -0.4 is 15.1 Å². The molecule has 11 heteroatoms. The Kier molecular flexibility index (Phi) is 8.87. The minimum atomic E-state index is -0.0979. The summed E-state index contributed by atoms with van der Waals surface area (Å²) in [5, 5.41) is 12.6. The van der Waals surface area contributed by atoms with Crippen LogP contribution in [0.3, 0.4) is 0 Å². The molecule has 2 aromatic carbocycles. The maximum absolute atomic E-state index is 13.3. The lowest BCUT2D eigenvalue weighted by atomic mass is 9.99. The SMILES string of the molecule is C[C]1CCN(c2cnc(Sc3cccc(NC(=O)c4ccc5c(c4)CC(N4CCN(c6ccc(Cl)nn6)CC4)C5)c3)cn2)CC1. The van der Waals surface area contributed by atoms with Crippen LogP contribution in [-0.4, -0.2) is 76.3 Å². The quantitative estimate of drug-likeness (QED) is 0.269. The van der Waals surface area contributed by atoms with Gasteiger partial charge in [0.25, 0.3) is 5.91 Å². The fourth-order valence-corrected chi connectivity index (χ4v) is 7.28. The normalized spacial score (nSPS) is 19.0. The van der Waals surface area contributed by atoms with Crippen LogP contribution in [-0.2, 0) is 12.8 Å². The molecule has 0 bridgehead atoms. The number of halogens is 1. The van der Waals surface area contributed by atoms with Crippen LogP contribution in [0.4, 0.5) is 17.3 Å². The van der Waals surface area contributed by atoms with Gasteiger partial charge in [-0.3, -0.25) is 9.69 Å². The van der Waals surface area contributed by atoms with Crippen molar-refractivity contribution in [2.24, 2.45) is 0 Å². The Hall–Kier alpha value is -3.73. The molecule has 4 aromatic rings. The van der Waals surface area contributed by atoms with Gasteiger partial charge in [-0.05, 0) is 85.2 Å². The number of anilines is 3. The number of hydrogen-bond acceptors (Lipinski definition) is 9. The Morgan fingerprint density at radius 1 is 0.844 bits per heavy atom. The molecule has 3 aliphatic rings. The molecular weight excluding hydrogens is 604 g/mol. The van der Waals surface area contributed by atoms with Gasteiger partial charge in [-0.25, -0.2) is 9.97 Å². The minimum Gasteiger partial charge on any atom is -0.355 e. The van der Waals surface area contributed by atoms with Gasteiger partial charge in [0.05, 0.1) is 12.4 Å². The van der Waals surface area contributed by atoms with E-state index in [1.807, 2.05) is 48.8 Å². The summed E-state index contributed by atoms with van der Waals surface area (Å²) in [5.41, 5.74) is 4.05. The summed E-state index contributed by atoms with van der Waals surface area (Å²) in [7, 11) is 0. The molecule has 45 heavy (non-hydrogen) atoms. The molecule has 2 aliphatic heterocycles. The van der Waals surface area contributed by atoms with Gasteiger partial charge in [0.1, 0.15) is 10.8 Å². The number of nitrogens with one attached hydrogen (secondary N) is 1. The lowest BCUT2D eigenvalue weighted by Crippen LogP contribution is -2.51. The molecule has 0 spiro atoms. The predicted octanol–water partition coefficient (Wildman–Crippen LogP) is 5.81. The second-order valence-electron chi connectivity index (χ2n) is 12.0. The smallest absolute Gasteiger partial charge is 0.255 e. The van der Waals surface area contributed by atoms with Crippen molar-refractivity contribution in [2.75, 3.05) is 54.4 Å². The minimum absolute atomic E-state index is 0.0979. The predicted molar refractivity (Wildman–Crippen MR) is 179 cm³/mol. The number of aromatic nitrogens is 4. The van der Waals surface area contributed by atoms with E-state index in [0.717, 1.165) is 92.2 Å². The van der Waals surface area contributed by atoms with E-state index in [2.05, 4.69) is 59.2 Å². The van der Waals surface area contributed by atoms with Crippen molar-refractivity contribution in [3.05, 3.63) is 94.8 Å². The van der Waals surface area contributed by atoms with Gasteiger partial charge >= 0.3 is 0 Å². The van der Waals surface area contributed by atoms with Crippen molar-refractivity contribution in [3.8, 4) is 0 Å². The van der Waals surface area contributed by atoms with Crippen molar-refractivity contribution in [1.82, 2.24) is 25.1 Å². The van der Waals surface area contributed by atoms with Crippen LogP contribution in [0.2, 0.25) is 5.15 Å². The van der Waals surface area contributed by atoms with Gasteiger partial charge in [-0.1, -0.05) is 42.4 Å². The maximum Gasteiger partial charge on any atom is 0.255 e. The summed E-state index contributed by atoms with van der Waals surface area (Å²) < 4.78 is 0. The Morgan fingerprint density at radius 2 is 1.64 bits per heavy atom. The molecule has 2 saturated heterocycles. The molecule has 2 aromatic heterocycles. The van der Waals surface area contributed by atoms with E-state index < -0.39 is 0 Å². The number of rotatable bonds is 7. The van der Waals surface area contributed by atoms with Crippen LogP contribution in [0.1, 0.15) is 41.3 Å². The fraction of sp³-hybridized carbons (Fsp3) is 0.353. The van der Waals surface area contributed by atoms with Gasteiger partial charge in [0.15, 0.2) is 11.0 Å². The number of carbonyl (C=O) groups excluding carboxylic acids is 1. The van der Waals surface area contributed by atoms with E-state index in [1.165, 1.54) is 11.1 Å². The fourth-order valence-electron chi connectivity index (χ4n) is 6.39. The molecule has 1 radical (unpaired) electrons. The third-order valence-corrected chi connectivity index (χ3v) is 10.1. The number of hydrogen-bond donors (Lipinski definition) is 1. The van der Waals surface area contributed by atoms with Gasteiger partial charge in [0, 0.05) is 61.5 Å². The van der Waals surface area contributed by atoms with Crippen LogP contribution in [0.5, 0.6) is 0 Å². The number of benzene rings is 2. The van der Waals surface area contributed by atoms with Crippen molar-refractivity contribution in [2.45, 2.75) is 48.6 Å². The number of piperazine rings is 1. The maximum atomic E-state index is 13.3. The Morgan fingerprint density at radius 3 is 2.40 bits per heavy atom. The second-order valence-corrected chi connectivity index (χ2v) is 13.5. The number of nitrogens with zero attached hydrogens (tertiary/aromatic N) is 7. The third-order valence-electron chi connectivity index (χ3n) is 9.02. The first-order valence-electron chi connectivity index (χ1n) is 15.5. The van der Waals surface area contributed by atoms with Crippen LogP contribution in [0.15, 0.2) is 76.9 Å². The Bertz CT molecular complexity index is 1640.